The van der Waals surface area contributed by atoms with E-state index in [0.29, 0.717) is 23.1 Å². The standard InChI is InChI=1S/C33H46O4/c1-3-5-7-9-11-12-14-15-23-35-28-19-17-27(18-20-28)31-26-37-32-25-29(21-22-30(32)33(31)34)36-24-16-13-10-8-6-4-2/h17-22,25-26H,3-16,23-24H2,1-2H3. The molecule has 4 nitrogen and oxygen atoms in total. The predicted molar refractivity (Wildman–Crippen MR) is 155 cm³/mol. The lowest BCUT2D eigenvalue weighted by molar-refractivity contribution is 0.304. The Balaban J connectivity index is 1.46. The molecule has 1 aromatic heterocycles. The molecule has 0 aliphatic carbocycles. The van der Waals surface area contributed by atoms with Crippen molar-refractivity contribution in [3.05, 3.63) is 59.0 Å². The first-order chi connectivity index (χ1) is 18.2. The van der Waals surface area contributed by atoms with Crippen LogP contribution in [0.5, 0.6) is 11.5 Å². The molecule has 1 heterocycles. The van der Waals surface area contributed by atoms with Crippen molar-refractivity contribution in [2.24, 2.45) is 0 Å². The Bertz CT molecular complexity index is 1080. The van der Waals surface area contributed by atoms with Crippen molar-refractivity contribution in [2.45, 2.75) is 104 Å². The average molecular weight is 507 g/mol. The smallest absolute Gasteiger partial charge is 0.200 e. The van der Waals surface area contributed by atoms with Crippen molar-refractivity contribution in [2.75, 3.05) is 13.2 Å². The summed E-state index contributed by atoms with van der Waals surface area (Å²) in [6, 6.07) is 13.2. The number of benzene rings is 2. The Morgan fingerprint density at radius 2 is 1.14 bits per heavy atom. The van der Waals surface area contributed by atoms with E-state index in [2.05, 4.69) is 13.8 Å². The summed E-state index contributed by atoms with van der Waals surface area (Å²) in [7, 11) is 0. The SMILES string of the molecule is CCCCCCCCCCOc1ccc(-c2coc3cc(OCCCCCCCC)ccc3c2=O)cc1. The summed E-state index contributed by atoms with van der Waals surface area (Å²) in [4.78, 5) is 13.1. The van der Waals surface area contributed by atoms with Crippen molar-refractivity contribution in [1.82, 2.24) is 0 Å². The summed E-state index contributed by atoms with van der Waals surface area (Å²) in [6.45, 7) is 5.90. The molecule has 0 saturated carbocycles. The first-order valence-corrected chi connectivity index (χ1v) is 14.6. The molecule has 0 fully saturated rings. The molecule has 0 aliphatic rings. The minimum Gasteiger partial charge on any atom is -0.494 e. The molecule has 4 heteroatoms. The van der Waals surface area contributed by atoms with Crippen molar-refractivity contribution in [1.29, 1.82) is 0 Å². The molecule has 3 rings (SSSR count). The molecule has 202 valence electrons. The van der Waals surface area contributed by atoms with Crippen LogP contribution in [-0.2, 0) is 0 Å². The maximum Gasteiger partial charge on any atom is 0.200 e. The highest BCUT2D eigenvalue weighted by Crippen LogP contribution is 2.25. The molecule has 3 aromatic rings. The van der Waals surface area contributed by atoms with Crippen LogP contribution in [0.2, 0.25) is 0 Å². The molecule has 0 amide bonds. The van der Waals surface area contributed by atoms with Gasteiger partial charge in [0.15, 0.2) is 5.43 Å². The van der Waals surface area contributed by atoms with Crippen molar-refractivity contribution in [3.8, 4) is 22.6 Å². The lowest BCUT2D eigenvalue weighted by atomic mass is 10.1. The van der Waals surface area contributed by atoms with Crippen LogP contribution in [0.15, 0.2) is 57.9 Å². The van der Waals surface area contributed by atoms with Gasteiger partial charge in [0.1, 0.15) is 23.3 Å². The van der Waals surface area contributed by atoms with E-state index in [1.165, 1.54) is 77.0 Å². The van der Waals surface area contributed by atoms with Gasteiger partial charge in [-0.25, -0.2) is 0 Å². The van der Waals surface area contributed by atoms with Gasteiger partial charge in [0.05, 0.1) is 24.2 Å². The average Bonchev–Trinajstić information content (AvgIpc) is 2.92. The fourth-order valence-corrected chi connectivity index (χ4v) is 4.63. The van der Waals surface area contributed by atoms with Crippen molar-refractivity contribution in [3.63, 3.8) is 0 Å². The van der Waals surface area contributed by atoms with E-state index >= 15 is 0 Å². The van der Waals surface area contributed by atoms with Crippen LogP contribution >= 0.6 is 0 Å². The van der Waals surface area contributed by atoms with Crippen LogP contribution in [0.25, 0.3) is 22.1 Å². The highest BCUT2D eigenvalue weighted by atomic mass is 16.5. The molecule has 37 heavy (non-hydrogen) atoms. The van der Waals surface area contributed by atoms with Gasteiger partial charge >= 0.3 is 0 Å². The molecular weight excluding hydrogens is 460 g/mol. The zero-order valence-electron chi connectivity index (χ0n) is 23.1. The van der Waals surface area contributed by atoms with E-state index in [0.717, 1.165) is 36.5 Å². The Labute approximate surface area is 223 Å². The Morgan fingerprint density at radius 3 is 1.73 bits per heavy atom. The van der Waals surface area contributed by atoms with Crippen LogP contribution in [0, 0.1) is 0 Å². The quantitative estimate of drug-likeness (QED) is 0.152. The highest BCUT2D eigenvalue weighted by molar-refractivity contribution is 5.82. The third kappa shape index (κ3) is 9.91. The molecule has 0 saturated heterocycles. The summed E-state index contributed by atoms with van der Waals surface area (Å²) < 4.78 is 17.6. The summed E-state index contributed by atoms with van der Waals surface area (Å²) in [6.07, 6.45) is 19.2. The predicted octanol–water partition coefficient (Wildman–Crippen LogP) is 9.72. The molecule has 0 aliphatic heterocycles. The largest absolute Gasteiger partial charge is 0.494 e. The van der Waals surface area contributed by atoms with Gasteiger partial charge in [-0.1, -0.05) is 103 Å². The molecule has 0 atom stereocenters. The maximum absolute atomic E-state index is 13.1. The normalized spacial score (nSPS) is 11.2. The molecule has 0 spiro atoms. The monoisotopic (exact) mass is 506 g/mol. The number of unbranched alkanes of at least 4 members (excludes halogenated alkanes) is 12. The van der Waals surface area contributed by atoms with Gasteiger partial charge < -0.3 is 13.9 Å². The topological polar surface area (TPSA) is 48.7 Å². The van der Waals surface area contributed by atoms with Gasteiger partial charge in [-0.15, -0.1) is 0 Å². The van der Waals surface area contributed by atoms with Gasteiger partial charge in [0.25, 0.3) is 0 Å². The van der Waals surface area contributed by atoms with Gasteiger partial charge in [0, 0.05) is 6.07 Å². The van der Waals surface area contributed by atoms with E-state index in [1.54, 1.807) is 6.26 Å². The fraction of sp³-hybridized carbons (Fsp3) is 0.545. The number of hydrogen-bond donors (Lipinski definition) is 0. The zero-order valence-corrected chi connectivity index (χ0v) is 23.1. The second-order valence-electron chi connectivity index (χ2n) is 10.1. The number of fused-ring (bicyclic) bond motifs is 1. The summed E-state index contributed by atoms with van der Waals surface area (Å²) in [5, 5.41) is 0.569. The van der Waals surface area contributed by atoms with E-state index in [-0.39, 0.29) is 5.43 Å². The van der Waals surface area contributed by atoms with Crippen LogP contribution < -0.4 is 14.9 Å². The first kappa shape index (κ1) is 28.8. The van der Waals surface area contributed by atoms with E-state index in [4.69, 9.17) is 13.9 Å². The fourth-order valence-electron chi connectivity index (χ4n) is 4.63. The van der Waals surface area contributed by atoms with Crippen LogP contribution in [-0.4, -0.2) is 13.2 Å². The van der Waals surface area contributed by atoms with E-state index in [9.17, 15) is 4.79 Å². The van der Waals surface area contributed by atoms with Crippen LogP contribution in [0.1, 0.15) is 104 Å². The summed E-state index contributed by atoms with van der Waals surface area (Å²) >= 11 is 0. The lowest BCUT2D eigenvalue weighted by Gasteiger charge is -2.09. The van der Waals surface area contributed by atoms with Gasteiger partial charge in [0.2, 0.25) is 0 Å². The number of rotatable bonds is 19. The number of hydrogen-bond acceptors (Lipinski definition) is 4. The molecule has 2 aromatic carbocycles. The minimum atomic E-state index is -0.0312. The summed E-state index contributed by atoms with van der Waals surface area (Å²) in [5.74, 6) is 1.58. The first-order valence-electron chi connectivity index (χ1n) is 14.6. The minimum absolute atomic E-state index is 0.0312. The number of ether oxygens (including phenoxy) is 2. The third-order valence-corrected chi connectivity index (χ3v) is 6.94. The summed E-state index contributed by atoms with van der Waals surface area (Å²) in [5.41, 5.74) is 1.91. The molecule has 0 unspecified atom stereocenters. The lowest BCUT2D eigenvalue weighted by Crippen LogP contribution is -2.05. The van der Waals surface area contributed by atoms with E-state index < -0.39 is 0 Å². The Hall–Kier alpha value is -2.75. The molecule has 0 radical (unpaired) electrons. The Kier molecular flexibility index (Phi) is 13.2. The van der Waals surface area contributed by atoms with Gasteiger partial charge in [-0.2, -0.15) is 0 Å². The maximum atomic E-state index is 13.1. The van der Waals surface area contributed by atoms with Crippen LogP contribution in [0.3, 0.4) is 0 Å². The Morgan fingerprint density at radius 1 is 0.622 bits per heavy atom. The van der Waals surface area contributed by atoms with Crippen molar-refractivity contribution >= 4 is 11.0 Å². The second-order valence-corrected chi connectivity index (χ2v) is 10.1. The van der Waals surface area contributed by atoms with Gasteiger partial charge in [-0.3, -0.25) is 4.79 Å². The van der Waals surface area contributed by atoms with Crippen LogP contribution in [0.4, 0.5) is 0 Å². The van der Waals surface area contributed by atoms with E-state index in [1.807, 2.05) is 42.5 Å². The second kappa shape index (κ2) is 16.9. The third-order valence-electron chi connectivity index (χ3n) is 6.94. The molecule has 0 N–H and O–H groups in total. The molecule has 0 bridgehead atoms. The molecular formula is C33H46O4. The highest BCUT2D eigenvalue weighted by Gasteiger charge is 2.10. The van der Waals surface area contributed by atoms with Gasteiger partial charge in [-0.05, 0) is 42.7 Å². The van der Waals surface area contributed by atoms with Crippen molar-refractivity contribution < 1.29 is 13.9 Å². The zero-order chi connectivity index (χ0) is 26.1.